The number of nitrogens with two attached hydrogens (primary N) is 1. The van der Waals surface area contributed by atoms with E-state index in [2.05, 4.69) is 4.79 Å². The van der Waals surface area contributed by atoms with Gasteiger partial charge in [-0.1, -0.05) is 0 Å². The van der Waals surface area contributed by atoms with Gasteiger partial charge in [0.2, 0.25) is 0 Å². The van der Waals surface area contributed by atoms with E-state index in [1.54, 1.807) is 0 Å². The molecule has 11 heavy (non-hydrogen) atoms. The number of nitrogens with one attached hydrogen (secondary N) is 1. The first-order chi connectivity index (χ1) is 5.07. The Morgan fingerprint density at radius 1 is 1.73 bits per heavy atom. The second-order valence-electron chi connectivity index (χ2n) is 1.84. The van der Waals surface area contributed by atoms with Crippen LogP contribution in [-0.4, -0.2) is 28.8 Å². The summed E-state index contributed by atoms with van der Waals surface area (Å²) in [6.07, 6.45) is 0.110. The number of rotatable bonds is 4. The molecule has 0 aliphatic heterocycles. The largest absolute Gasteiger partial charge is 0.550 e. The van der Waals surface area contributed by atoms with E-state index in [9.17, 15) is 14.7 Å². The summed E-state index contributed by atoms with van der Waals surface area (Å²) < 4.78 is 0. The molecule has 60 valence electrons. The van der Waals surface area contributed by atoms with Gasteiger partial charge in [-0.25, -0.2) is 0 Å². The van der Waals surface area contributed by atoms with Crippen LogP contribution < -0.4 is 10.8 Å². The lowest BCUT2D eigenvalue weighted by molar-refractivity contribution is -0.305. The molecule has 1 atom stereocenters. The van der Waals surface area contributed by atoms with Crippen molar-refractivity contribution in [1.29, 1.82) is 5.53 Å². The van der Waals surface area contributed by atoms with E-state index in [0.29, 0.717) is 6.21 Å². The molecule has 0 aliphatic rings. The SMILES string of the molecule is N=[N+]=CC(=O)C(N)CC(=O)[O-]. The first kappa shape index (κ1) is 9.48. The normalized spacial score (nSPS) is 11.4. The average Bonchev–Trinajstić information content (AvgIpc) is 1.86. The lowest BCUT2D eigenvalue weighted by Gasteiger charge is -2.04. The number of hydrogen-bond acceptors (Lipinski definition) is 5. The van der Waals surface area contributed by atoms with E-state index in [1.165, 1.54) is 0 Å². The van der Waals surface area contributed by atoms with Crippen LogP contribution in [0.25, 0.3) is 0 Å². The zero-order valence-electron chi connectivity index (χ0n) is 5.61. The summed E-state index contributed by atoms with van der Waals surface area (Å²) in [5.74, 6) is -2.09. The van der Waals surface area contributed by atoms with Gasteiger partial charge in [-0.2, -0.15) is 0 Å². The molecule has 0 amide bonds. The molecule has 0 saturated carbocycles. The zero-order chi connectivity index (χ0) is 8.85. The van der Waals surface area contributed by atoms with Crippen LogP contribution in [0.5, 0.6) is 0 Å². The van der Waals surface area contributed by atoms with Gasteiger partial charge < -0.3 is 15.6 Å². The average molecular weight is 157 g/mol. The van der Waals surface area contributed by atoms with Crippen LogP contribution in [0.3, 0.4) is 0 Å². The van der Waals surface area contributed by atoms with Gasteiger partial charge >= 0.3 is 6.21 Å². The molecule has 6 heteroatoms. The van der Waals surface area contributed by atoms with Crippen LogP contribution in [0.15, 0.2) is 0 Å². The summed E-state index contributed by atoms with van der Waals surface area (Å²) in [4.78, 5) is 23.1. The first-order valence-corrected chi connectivity index (χ1v) is 2.77. The topological polar surface area (TPSA) is 121 Å². The second kappa shape index (κ2) is 4.32. The number of ketones is 1. The van der Waals surface area contributed by atoms with Crippen LogP contribution in [0.2, 0.25) is 0 Å². The number of carboxylic acids is 1. The molecule has 3 N–H and O–H groups in total. The van der Waals surface area contributed by atoms with E-state index < -0.39 is 24.2 Å². The molecule has 0 saturated heterocycles. The molecule has 0 aromatic rings. The van der Waals surface area contributed by atoms with Crippen LogP contribution >= 0.6 is 0 Å². The lowest BCUT2D eigenvalue weighted by atomic mass is 10.1. The third kappa shape index (κ3) is 3.96. The maximum atomic E-state index is 10.6. The Labute approximate surface area is 62.2 Å². The maximum Gasteiger partial charge on any atom is 0.374 e. The monoisotopic (exact) mass is 157 g/mol. The van der Waals surface area contributed by atoms with E-state index in [0.717, 1.165) is 0 Å². The predicted octanol–water partition coefficient (Wildman–Crippen LogP) is -2.67. The summed E-state index contributed by atoms with van der Waals surface area (Å²) in [5.41, 5.74) is 11.3. The Bertz CT molecular complexity index is 219. The van der Waals surface area contributed by atoms with Gasteiger partial charge in [0, 0.05) is 12.4 Å². The van der Waals surface area contributed by atoms with Gasteiger partial charge in [0.15, 0.2) is 0 Å². The lowest BCUT2D eigenvalue weighted by Crippen LogP contribution is -2.38. The number of Topliss-reactive ketones (excluding diaryl/α,β-unsaturated/α-hetero) is 1. The molecule has 0 radical (unpaired) electrons. The summed E-state index contributed by atoms with van der Waals surface area (Å²) in [7, 11) is 0. The maximum absolute atomic E-state index is 10.6. The molecule has 0 fully saturated rings. The van der Waals surface area contributed by atoms with Crippen molar-refractivity contribution in [3.05, 3.63) is 0 Å². The third-order valence-electron chi connectivity index (χ3n) is 0.944. The third-order valence-corrected chi connectivity index (χ3v) is 0.944. The molecule has 0 aromatic heterocycles. The number of carboxylic acid groups (broad SMARTS) is 1. The molecule has 0 rings (SSSR count). The second-order valence-corrected chi connectivity index (χ2v) is 1.84. The van der Waals surface area contributed by atoms with Crippen LogP contribution in [0, 0.1) is 5.53 Å². The van der Waals surface area contributed by atoms with E-state index in [1.807, 2.05) is 0 Å². The number of carbonyl (C=O) groups excluding carboxylic acids is 2. The molecule has 6 nitrogen and oxygen atoms in total. The van der Waals surface area contributed by atoms with Crippen molar-refractivity contribution in [3.8, 4) is 0 Å². The highest BCUT2D eigenvalue weighted by Crippen LogP contribution is 1.85. The fourth-order valence-electron chi connectivity index (χ4n) is 0.440. The van der Waals surface area contributed by atoms with Crippen molar-refractivity contribution in [2.75, 3.05) is 0 Å². The Morgan fingerprint density at radius 2 is 2.27 bits per heavy atom. The first-order valence-electron chi connectivity index (χ1n) is 2.77. The van der Waals surface area contributed by atoms with Crippen molar-refractivity contribution >= 4 is 18.0 Å². The highest BCUT2D eigenvalue weighted by atomic mass is 16.4. The Hall–Kier alpha value is -1.52. The summed E-state index contributed by atoms with van der Waals surface area (Å²) in [6, 6.07) is -1.16. The zero-order valence-corrected chi connectivity index (χ0v) is 5.61. The van der Waals surface area contributed by atoms with Gasteiger partial charge in [-0.05, 0) is 0 Å². The number of carbonyl (C=O) groups is 2. The Morgan fingerprint density at radius 3 is 2.64 bits per heavy atom. The predicted molar refractivity (Wildman–Crippen MR) is 31.7 cm³/mol. The summed E-state index contributed by atoms with van der Waals surface area (Å²) in [5, 5.41) is 9.88. The van der Waals surface area contributed by atoms with Gasteiger partial charge in [0.25, 0.3) is 5.78 Å². The van der Waals surface area contributed by atoms with Crippen molar-refractivity contribution in [3.63, 3.8) is 0 Å². The minimum atomic E-state index is -1.40. The highest BCUT2D eigenvalue weighted by Gasteiger charge is 2.15. The molecule has 0 bridgehead atoms. The van der Waals surface area contributed by atoms with Crippen molar-refractivity contribution in [2.45, 2.75) is 12.5 Å². The number of nitrogens with zero attached hydrogens (tertiary/aromatic N) is 1. The molecule has 0 heterocycles. The quantitative estimate of drug-likeness (QED) is 0.262. The van der Waals surface area contributed by atoms with Crippen molar-refractivity contribution in [2.24, 2.45) is 5.73 Å². The van der Waals surface area contributed by atoms with Crippen LogP contribution in [-0.2, 0) is 9.59 Å². The fourth-order valence-corrected chi connectivity index (χ4v) is 0.440. The van der Waals surface area contributed by atoms with E-state index in [4.69, 9.17) is 11.3 Å². The van der Waals surface area contributed by atoms with Gasteiger partial charge in [-0.15, -0.1) is 0 Å². The van der Waals surface area contributed by atoms with Crippen molar-refractivity contribution in [1.82, 2.24) is 0 Å². The molecular weight excluding hydrogens is 150 g/mol. The summed E-state index contributed by atoms with van der Waals surface area (Å²) >= 11 is 0. The molecule has 0 aromatic carbocycles. The van der Waals surface area contributed by atoms with Gasteiger partial charge in [0.05, 0.1) is 16.4 Å². The van der Waals surface area contributed by atoms with E-state index >= 15 is 0 Å². The van der Waals surface area contributed by atoms with E-state index in [-0.39, 0.29) is 0 Å². The molecular formula is C5H7N3O3. The highest BCUT2D eigenvalue weighted by molar-refractivity contribution is 6.28. The number of aliphatic carboxylic acids is 1. The molecule has 0 aliphatic carbocycles. The van der Waals surface area contributed by atoms with Gasteiger partial charge in [0.1, 0.15) is 0 Å². The van der Waals surface area contributed by atoms with Gasteiger partial charge in [-0.3, -0.25) is 4.79 Å². The summed E-state index contributed by atoms with van der Waals surface area (Å²) in [6.45, 7) is 0. The Balaban J connectivity index is 4.02. The molecule has 0 spiro atoms. The fraction of sp³-hybridized carbons (Fsp3) is 0.400. The standard InChI is InChI=1S/C5H7N3O3/c6-3(1-5(10)11)4(9)2-8-7/h2-3,7H,1,6H2. The minimum absolute atomic E-state index is 0.551. The van der Waals surface area contributed by atoms with Crippen LogP contribution in [0.1, 0.15) is 6.42 Å². The van der Waals surface area contributed by atoms with Crippen LogP contribution in [0.4, 0.5) is 0 Å². The smallest absolute Gasteiger partial charge is 0.374 e. The molecule has 1 unspecified atom stereocenters. The minimum Gasteiger partial charge on any atom is -0.550 e. The van der Waals surface area contributed by atoms with Crippen molar-refractivity contribution < 1.29 is 19.5 Å². The Kier molecular flexibility index (Phi) is 3.72. The number of hydrogen-bond donors (Lipinski definition) is 2.